The van der Waals surface area contributed by atoms with Gasteiger partial charge >= 0.3 is 0 Å². The Kier molecular flexibility index (Phi) is 4.10. The van der Waals surface area contributed by atoms with Crippen LogP contribution in [0.25, 0.3) is 0 Å². The molecular weight excluding hydrogens is 258 g/mol. The molecule has 5 nitrogen and oxygen atoms in total. The molecule has 1 aromatic rings. The molecule has 19 heavy (non-hydrogen) atoms. The molecule has 3 rings (SSSR count). The number of nitrogen functional groups attached to an aromatic ring is 1. The van der Waals surface area contributed by atoms with E-state index in [0.29, 0.717) is 6.04 Å². The second-order valence-corrected chi connectivity index (χ2v) is 6.05. The SMILES string of the molecule is Nc1cccnc1N1CCC(N2CCCNS2)CC1. The summed E-state index contributed by atoms with van der Waals surface area (Å²) in [5, 5.41) is 0. The topological polar surface area (TPSA) is 57.4 Å². The fraction of sp³-hybridized carbons (Fsp3) is 0.615. The summed E-state index contributed by atoms with van der Waals surface area (Å²) in [6.45, 7) is 4.42. The Bertz CT molecular complexity index is 413. The van der Waals surface area contributed by atoms with E-state index in [4.69, 9.17) is 5.73 Å². The summed E-state index contributed by atoms with van der Waals surface area (Å²) in [5.74, 6) is 0.949. The van der Waals surface area contributed by atoms with Crippen molar-refractivity contribution in [1.82, 2.24) is 14.0 Å². The zero-order chi connectivity index (χ0) is 13.1. The number of aromatic nitrogens is 1. The van der Waals surface area contributed by atoms with Crippen molar-refractivity contribution in [3.63, 3.8) is 0 Å². The van der Waals surface area contributed by atoms with Crippen LogP contribution in [-0.2, 0) is 0 Å². The zero-order valence-electron chi connectivity index (χ0n) is 11.1. The largest absolute Gasteiger partial charge is 0.396 e. The number of nitrogens with one attached hydrogen (secondary N) is 1. The average Bonchev–Trinajstić information content (AvgIpc) is 2.49. The molecule has 2 aliphatic rings. The van der Waals surface area contributed by atoms with Gasteiger partial charge in [-0.15, -0.1) is 0 Å². The van der Waals surface area contributed by atoms with Crippen LogP contribution in [0, 0.1) is 0 Å². The average molecular weight is 279 g/mol. The van der Waals surface area contributed by atoms with Crippen molar-refractivity contribution in [3.05, 3.63) is 18.3 Å². The van der Waals surface area contributed by atoms with Gasteiger partial charge in [0.25, 0.3) is 0 Å². The van der Waals surface area contributed by atoms with Crippen molar-refractivity contribution in [3.8, 4) is 0 Å². The zero-order valence-corrected chi connectivity index (χ0v) is 11.9. The number of pyridine rings is 1. The van der Waals surface area contributed by atoms with Gasteiger partial charge in [0.05, 0.1) is 5.69 Å². The second kappa shape index (κ2) is 5.98. The van der Waals surface area contributed by atoms with Crippen LogP contribution >= 0.6 is 12.1 Å². The Labute approximate surface area is 118 Å². The van der Waals surface area contributed by atoms with E-state index in [1.54, 1.807) is 12.1 Å². The van der Waals surface area contributed by atoms with Crippen molar-refractivity contribution in [2.45, 2.75) is 25.3 Å². The quantitative estimate of drug-likeness (QED) is 0.800. The van der Waals surface area contributed by atoms with Gasteiger partial charge in [-0.25, -0.2) is 9.29 Å². The minimum atomic E-state index is 0.680. The third kappa shape index (κ3) is 2.96. The maximum atomic E-state index is 6.00. The van der Waals surface area contributed by atoms with Gasteiger partial charge in [-0.1, -0.05) is 0 Å². The molecule has 2 fully saturated rings. The number of nitrogens with two attached hydrogens (primary N) is 1. The minimum absolute atomic E-state index is 0.680. The van der Waals surface area contributed by atoms with E-state index in [1.165, 1.54) is 25.8 Å². The summed E-state index contributed by atoms with van der Waals surface area (Å²) in [6.07, 6.45) is 5.44. The van der Waals surface area contributed by atoms with E-state index in [9.17, 15) is 0 Å². The van der Waals surface area contributed by atoms with E-state index in [2.05, 4.69) is 18.9 Å². The van der Waals surface area contributed by atoms with Gasteiger partial charge < -0.3 is 10.6 Å². The molecule has 3 heterocycles. The smallest absolute Gasteiger partial charge is 0.151 e. The van der Waals surface area contributed by atoms with Gasteiger partial charge in [-0.2, -0.15) is 0 Å². The molecule has 3 N–H and O–H groups in total. The predicted molar refractivity (Wildman–Crippen MR) is 80.8 cm³/mol. The highest BCUT2D eigenvalue weighted by molar-refractivity contribution is 7.95. The van der Waals surface area contributed by atoms with Crippen molar-refractivity contribution < 1.29 is 0 Å². The molecule has 2 saturated heterocycles. The maximum Gasteiger partial charge on any atom is 0.151 e. The molecule has 104 valence electrons. The van der Waals surface area contributed by atoms with Gasteiger partial charge in [0, 0.05) is 50.6 Å². The first-order valence-electron chi connectivity index (χ1n) is 6.96. The van der Waals surface area contributed by atoms with Gasteiger partial charge in [0.15, 0.2) is 5.82 Å². The van der Waals surface area contributed by atoms with Gasteiger partial charge in [-0.3, -0.25) is 4.72 Å². The predicted octanol–water partition coefficient (Wildman–Crippen LogP) is 1.49. The standard InChI is InChI=1S/C13H21N5S/c14-12-3-1-6-15-13(12)17-9-4-11(5-10-17)18-8-2-7-16-19-18/h1,3,6,11,16H,2,4-5,7-10,14H2. The molecule has 0 bridgehead atoms. The molecule has 0 aromatic carbocycles. The summed E-state index contributed by atoms with van der Waals surface area (Å²) < 4.78 is 5.88. The summed E-state index contributed by atoms with van der Waals surface area (Å²) in [5.41, 5.74) is 6.79. The molecule has 1 aromatic heterocycles. The Morgan fingerprint density at radius 1 is 1.32 bits per heavy atom. The normalized spacial score (nSPS) is 22.6. The Balaban J connectivity index is 1.58. The maximum absolute atomic E-state index is 6.00. The lowest BCUT2D eigenvalue weighted by Gasteiger charge is -2.39. The molecule has 0 amide bonds. The number of anilines is 2. The van der Waals surface area contributed by atoms with Crippen LogP contribution in [0.4, 0.5) is 11.5 Å². The molecule has 0 unspecified atom stereocenters. The van der Waals surface area contributed by atoms with E-state index in [1.807, 2.05) is 18.3 Å². The number of nitrogens with zero attached hydrogens (tertiary/aromatic N) is 3. The molecule has 0 aliphatic carbocycles. The Morgan fingerprint density at radius 3 is 2.84 bits per heavy atom. The van der Waals surface area contributed by atoms with E-state index >= 15 is 0 Å². The summed E-state index contributed by atoms with van der Waals surface area (Å²) in [6, 6.07) is 4.50. The van der Waals surface area contributed by atoms with Crippen molar-refractivity contribution in [2.75, 3.05) is 36.8 Å². The first kappa shape index (κ1) is 13.0. The molecule has 2 aliphatic heterocycles. The number of rotatable bonds is 2. The molecule has 0 saturated carbocycles. The fourth-order valence-corrected chi connectivity index (χ4v) is 3.76. The molecule has 6 heteroatoms. The van der Waals surface area contributed by atoms with Crippen LogP contribution in [0.3, 0.4) is 0 Å². The number of hydrogen-bond donors (Lipinski definition) is 2. The lowest BCUT2D eigenvalue weighted by Crippen LogP contribution is -2.45. The third-order valence-corrected chi connectivity index (χ3v) is 4.88. The third-order valence-electron chi connectivity index (χ3n) is 3.83. The van der Waals surface area contributed by atoms with Crippen LogP contribution in [0.2, 0.25) is 0 Å². The summed E-state index contributed by atoms with van der Waals surface area (Å²) in [7, 11) is 0. The lowest BCUT2D eigenvalue weighted by molar-refractivity contribution is 0.285. The van der Waals surface area contributed by atoms with Crippen LogP contribution in [0.1, 0.15) is 19.3 Å². The fourth-order valence-electron chi connectivity index (χ4n) is 2.78. The molecule has 0 radical (unpaired) electrons. The summed E-state index contributed by atoms with van der Waals surface area (Å²) in [4.78, 5) is 6.72. The first-order chi connectivity index (χ1) is 9.34. The van der Waals surface area contributed by atoms with Crippen molar-refractivity contribution >= 4 is 23.6 Å². The summed E-state index contributed by atoms with van der Waals surface area (Å²) >= 11 is 1.79. The first-order valence-corrected chi connectivity index (χ1v) is 7.74. The van der Waals surface area contributed by atoms with Crippen molar-refractivity contribution in [2.24, 2.45) is 0 Å². The highest BCUT2D eigenvalue weighted by Crippen LogP contribution is 2.28. The van der Waals surface area contributed by atoms with Gasteiger partial charge in [0.1, 0.15) is 0 Å². The van der Waals surface area contributed by atoms with Crippen LogP contribution in [0.5, 0.6) is 0 Å². The van der Waals surface area contributed by atoms with Crippen LogP contribution in [0.15, 0.2) is 18.3 Å². The van der Waals surface area contributed by atoms with E-state index in [-0.39, 0.29) is 0 Å². The molecule has 0 spiro atoms. The van der Waals surface area contributed by atoms with Crippen LogP contribution in [-0.4, -0.2) is 41.5 Å². The lowest BCUT2D eigenvalue weighted by atomic mass is 10.0. The van der Waals surface area contributed by atoms with Crippen LogP contribution < -0.4 is 15.4 Å². The van der Waals surface area contributed by atoms with E-state index < -0.39 is 0 Å². The van der Waals surface area contributed by atoms with E-state index in [0.717, 1.165) is 31.1 Å². The van der Waals surface area contributed by atoms with Gasteiger partial charge in [-0.05, 0) is 31.4 Å². The highest BCUT2D eigenvalue weighted by Gasteiger charge is 2.27. The number of hydrogen-bond acceptors (Lipinski definition) is 6. The number of piperidine rings is 1. The van der Waals surface area contributed by atoms with Gasteiger partial charge in [0.2, 0.25) is 0 Å². The Hall–Kier alpha value is -0.980. The Morgan fingerprint density at radius 2 is 2.16 bits per heavy atom. The molecule has 0 atom stereocenters. The van der Waals surface area contributed by atoms with Crippen molar-refractivity contribution in [1.29, 1.82) is 0 Å². The molecular formula is C13H21N5S. The second-order valence-electron chi connectivity index (χ2n) is 5.11. The minimum Gasteiger partial charge on any atom is -0.396 e. The highest BCUT2D eigenvalue weighted by atomic mass is 32.2. The monoisotopic (exact) mass is 279 g/mol.